The van der Waals surface area contributed by atoms with Gasteiger partial charge in [0.25, 0.3) is 11.8 Å². The Hall–Kier alpha value is -3.79. The van der Waals surface area contributed by atoms with Gasteiger partial charge in [0.1, 0.15) is 12.1 Å². The lowest BCUT2D eigenvalue weighted by Crippen LogP contribution is -2.53. The Morgan fingerprint density at radius 3 is 2.44 bits per heavy atom. The Kier molecular flexibility index (Phi) is 7.92. The van der Waals surface area contributed by atoms with Crippen LogP contribution in [0.2, 0.25) is 0 Å². The van der Waals surface area contributed by atoms with E-state index in [1.165, 1.54) is 6.20 Å². The van der Waals surface area contributed by atoms with Gasteiger partial charge in [-0.05, 0) is 55.2 Å². The van der Waals surface area contributed by atoms with E-state index in [1.807, 2.05) is 26.0 Å². The van der Waals surface area contributed by atoms with Gasteiger partial charge in [0, 0.05) is 56.4 Å². The molecule has 0 aliphatic carbocycles. The second kappa shape index (κ2) is 11.5. The maximum atomic E-state index is 13.8. The molecule has 0 radical (unpaired) electrons. The van der Waals surface area contributed by atoms with E-state index in [1.54, 1.807) is 40.3 Å². The number of hydrogen-bond acceptors (Lipinski definition) is 7. The zero-order chi connectivity index (χ0) is 27.5. The number of fused-ring (bicyclic) bond motifs is 1. The number of carbonyl (C=O) groups is 4. The number of ketones is 1. The molecule has 0 bridgehead atoms. The molecule has 3 fully saturated rings. The van der Waals surface area contributed by atoms with E-state index in [4.69, 9.17) is 0 Å². The maximum absolute atomic E-state index is 13.8. The first-order valence-electron chi connectivity index (χ1n) is 13.7. The number of piperazine rings is 1. The van der Waals surface area contributed by atoms with Gasteiger partial charge in [0.2, 0.25) is 5.91 Å². The average molecular weight is 533 g/mol. The van der Waals surface area contributed by atoms with Crippen LogP contribution in [-0.2, 0) is 9.59 Å². The number of rotatable bonds is 7. The molecule has 0 saturated carbocycles. The third-order valence-electron chi connectivity index (χ3n) is 7.80. The Labute approximate surface area is 228 Å². The number of amides is 3. The van der Waals surface area contributed by atoms with Crippen LogP contribution in [0.3, 0.4) is 0 Å². The van der Waals surface area contributed by atoms with E-state index in [0.29, 0.717) is 30.5 Å². The van der Waals surface area contributed by atoms with Gasteiger partial charge < -0.3 is 25.3 Å². The van der Waals surface area contributed by atoms with Crippen LogP contribution in [0.15, 0.2) is 48.8 Å². The van der Waals surface area contributed by atoms with Crippen LogP contribution >= 0.6 is 0 Å². The van der Waals surface area contributed by atoms with E-state index < -0.39 is 12.1 Å². The Morgan fingerprint density at radius 2 is 1.77 bits per heavy atom. The summed E-state index contributed by atoms with van der Waals surface area (Å²) in [6, 6.07) is 8.99. The van der Waals surface area contributed by atoms with Gasteiger partial charge in [-0.3, -0.25) is 24.2 Å². The highest BCUT2D eigenvalue weighted by molar-refractivity contribution is 6.03. The number of Topliss-reactive ketones (excluding diaryl/α,β-unsaturated/α-hetero) is 1. The van der Waals surface area contributed by atoms with Crippen LogP contribution in [0.25, 0.3) is 0 Å². The first kappa shape index (κ1) is 26.8. The summed E-state index contributed by atoms with van der Waals surface area (Å²) in [7, 11) is 0. The first-order valence-corrected chi connectivity index (χ1v) is 13.7. The van der Waals surface area contributed by atoms with E-state index in [9.17, 15) is 19.2 Å². The molecular formula is C29H36N6O4. The minimum atomic E-state index is -0.764. The highest BCUT2D eigenvalue weighted by atomic mass is 16.2. The predicted molar refractivity (Wildman–Crippen MR) is 146 cm³/mol. The van der Waals surface area contributed by atoms with Crippen molar-refractivity contribution in [1.29, 1.82) is 0 Å². The van der Waals surface area contributed by atoms with Crippen LogP contribution in [-0.4, -0.2) is 95.7 Å². The lowest BCUT2D eigenvalue weighted by molar-refractivity contribution is -0.138. The standard InChI is InChI=1S/C29H36N6O4/c1-19(2)16-23(32-27(37)20-5-7-22(8-6-20)33-14-11-30-12-15-33)29(39)34-13-9-24-26(34)25(36)18-35(24)28(38)21-4-3-10-31-17-21/h3-8,10,17,19,23-24,26,30H,9,11-16,18H2,1-2H3,(H,32,37). The van der Waals surface area contributed by atoms with E-state index in [2.05, 4.69) is 20.5 Å². The molecule has 3 unspecified atom stereocenters. The monoisotopic (exact) mass is 532 g/mol. The maximum Gasteiger partial charge on any atom is 0.256 e. The van der Waals surface area contributed by atoms with Gasteiger partial charge in [-0.25, -0.2) is 0 Å². The molecule has 2 aromatic rings. The van der Waals surface area contributed by atoms with Crippen LogP contribution in [0.4, 0.5) is 5.69 Å². The van der Waals surface area contributed by atoms with Crippen molar-refractivity contribution in [3.8, 4) is 0 Å². The van der Waals surface area contributed by atoms with Gasteiger partial charge >= 0.3 is 0 Å². The van der Waals surface area contributed by atoms with Gasteiger partial charge in [-0.15, -0.1) is 0 Å². The summed E-state index contributed by atoms with van der Waals surface area (Å²) in [4.78, 5) is 62.6. The largest absolute Gasteiger partial charge is 0.369 e. The van der Waals surface area contributed by atoms with Crippen LogP contribution in [0, 0.1) is 5.92 Å². The molecule has 5 rings (SSSR count). The zero-order valence-electron chi connectivity index (χ0n) is 22.5. The highest BCUT2D eigenvalue weighted by Crippen LogP contribution is 2.32. The third-order valence-corrected chi connectivity index (χ3v) is 7.80. The summed E-state index contributed by atoms with van der Waals surface area (Å²) in [6.45, 7) is 8.01. The number of nitrogens with zero attached hydrogens (tertiary/aromatic N) is 4. The van der Waals surface area contributed by atoms with Crippen molar-refractivity contribution in [1.82, 2.24) is 25.4 Å². The van der Waals surface area contributed by atoms with Crippen molar-refractivity contribution in [2.75, 3.05) is 44.2 Å². The molecule has 0 spiro atoms. The topological polar surface area (TPSA) is 115 Å². The zero-order valence-corrected chi connectivity index (χ0v) is 22.5. The van der Waals surface area contributed by atoms with E-state index in [0.717, 1.165) is 31.9 Å². The predicted octanol–water partition coefficient (Wildman–Crippen LogP) is 1.33. The second-order valence-electron chi connectivity index (χ2n) is 10.9. The molecule has 3 aliphatic rings. The summed E-state index contributed by atoms with van der Waals surface area (Å²) in [5.41, 5.74) is 1.97. The highest BCUT2D eigenvalue weighted by Gasteiger charge is 2.52. The molecule has 39 heavy (non-hydrogen) atoms. The number of likely N-dealkylation sites (tertiary alicyclic amines) is 2. The number of nitrogens with one attached hydrogen (secondary N) is 2. The number of aromatic nitrogens is 1. The Balaban J connectivity index is 1.28. The summed E-state index contributed by atoms with van der Waals surface area (Å²) in [5.74, 6) is -0.847. The Morgan fingerprint density at radius 1 is 1.03 bits per heavy atom. The average Bonchev–Trinajstić information content (AvgIpc) is 3.54. The summed E-state index contributed by atoms with van der Waals surface area (Å²) in [6.07, 6.45) is 4.05. The normalized spacial score (nSPS) is 21.7. The van der Waals surface area contributed by atoms with Crippen molar-refractivity contribution in [2.45, 2.75) is 44.8 Å². The van der Waals surface area contributed by atoms with Crippen LogP contribution in [0.1, 0.15) is 47.4 Å². The summed E-state index contributed by atoms with van der Waals surface area (Å²) < 4.78 is 0. The van der Waals surface area contributed by atoms with Crippen molar-refractivity contribution in [3.63, 3.8) is 0 Å². The molecule has 2 N–H and O–H groups in total. The first-order chi connectivity index (χ1) is 18.8. The fourth-order valence-corrected chi connectivity index (χ4v) is 5.88. The van der Waals surface area contributed by atoms with Gasteiger partial charge in [-0.2, -0.15) is 0 Å². The molecule has 1 aromatic carbocycles. The third kappa shape index (κ3) is 5.66. The minimum absolute atomic E-state index is 0.0342. The number of pyridine rings is 1. The van der Waals surface area contributed by atoms with Gasteiger partial charge in [0.15, 0.2) is 5.78 Å². The Bertz CT molecular complexity index is 1210. The van der Waals surface area contributed by atoms with Crippen molar-refractivity contribution in [3.05, 3.63) is 59.9 Å². The lowest BCUT2D eigenvalue weighted by atomic mass is 10.0. The molecular weight excluding hydrogens is 496 g/mol. The minimum Gasteiger partial charge on any atom is -0.369 e. The van der Waals surface area contributed by atoms with E-state index in [-0.39, 0.29) is 42.0 Å². The molecule has 1 aromatic heterocycles. The molecule has 10 heteroatoms. The second-order valence-corrected chi connectivity index (χ2v) is 10.9. The fourth-order valence-electron chi connectivity index (χ4n) is 5.88. The molecule has 4 heterocycles. The SMILES string of the molecule is CC(C)CC(NC(=O)c1ccc(N2CCNCC2)cc1)C(=O)N1CCC2C1C(=O)CN2C(=O)c1cccnc1. The summed E-state index contributed by atoms with van der Waals surface area (Å²) in [5, 5.41) is 6.27. The smallest absolute Gasteiger partial charge is 0.256 e. The molecule has 10 nitrogen and oxygen atoms in total. The lowest BCUT2D eigenvalue weighted by Gasteiger charge is -2.30. The molecule has 3 amide bonds. The number of benzene rings is 1. The van der Waals surface area contributed by atoms with Gasteiger partial charge in [0.05, 0.1) is 18.2 Å². The van der Waals surface area contributed by atoms with E-state index >= 15 is 0 Å². The fraction of sp³-hybridized carbons (Fsp3) is 0.483. The van der Waals surface area contributed by atoms with Crippen molar-refractivity contribution < 1.29 is 19.2 Å². The molecule has 3 aliphatic heterocycles. The quantitative estimate of drug-likeness (QED) is 0.553. The van der Waals surface area contributed by atoms with Crippen molar-refractivity contribution in [2.24, 2.45) is 5.92 Å². The molecule has 206 valence electrons. The number of hydrogen-bond donors (Lipinski definition) is 2. The van der Waals surface area contributed by atoms with Crippen molar-refractivity contribution >= 4 is 29.2 Å². The molecule has 3 atom stereocenters. The number of anilines is 1. The number of carbonyl (C=O) groups excluding carboxylic acids is 4. The van der Waals surface area contributed by atoms with Crippen LogP contribution in [0.5, 0.6) is 0 Å². The van der Waals surface area contributed by atoms with Gasteiger partial charge in [-0.1, -0.05) is 13.8 Å². The van der Waals surface area contributed by atoms with Crippen LogP contribution < -0.4 is 15.5 Å². The molecule has 3 saturated heterocycles. The summed E-state index contributed by atoms with van der Waals surface area (Å²) >= 11 is 0.